The number of hydrogen-bond acceptors (Lipinski definition) is 4. The second-order valence-electron chi connectivity index (χ2n) is 6.35. The van der Waals surface area contributed by atoms with Crippen LogP contribution < -0.4 is 4.90 Å². The normalized spacial score (nSPS) is 17.4. The average Bonchev–Trinajstić information content (AvgIpc) is 3.09. The average molecular weight is 408 g/mol. The van der Waals surface area contributed by atoms with Gasteiger partial charge in [0.1, 0.15) is 10.7 Å². The Bertz CT molecular complexity index is 851. The summed E-state index contributed by atoms with van der Waals surface area (Å²) in [6.07, 6.45) is 3.78. The van der Waals surface area contributed by atoms with Crippen LogP contribution in [0, 0.1) is 6.92 Å². The lowest BCUT2D eigenvalue weighted by Gasteiger charge is -2.31. The summed E-state index contributed by atoms with van der Waals surface area (Å²) >= 11 is 5.07. The zero-order chi connectivity index (χ0) is 16.7. The van der Waals surface area contributed by atoms with Crippen LogP contribution in [-0.2, 0) is 0 Å². The molecule has 0 radical (unpaired) electrons. The van der Waals surface area contributed by atoms with Crippen molar-refractivity contribution < 1.29 is 10.0 Å². The molecule has 1 fully saturated rings. The molecule has 1 atom stereocenters. The molecule has 0 bridgehead atoms. The van der Waals surface area contributed by atoms with Crippen molar-refractivity contribution >= 4 is 32.2 Å². The van der Waals surface area contributed by atoms with Crippen LogP contribution in [0.5, 0.6) is 5.88 Å². The lowest BCUT2D eigenvalue weighted by Crippen LogP contribution is -3.13. The maximum absolute atomic E-state index is 10.8. The molecule has 3 heterocycles. The smallest absolute Gasteiger partial charge is 0.235 e. The first-order valence-electron chi connectivity index (χ1n) is 8.28. The SMILES string of the molecule is Cc1nc2sc([C@@H](c3ccc(Br)cc3)[NH+]3CCCCC3)c(O)n2n1. The van der Waals surface area contributed by atoms with Gasteiger partial charge >= 0.3 is 0 Å². The number of nitrogens with one attached hydrogen (secondary N) is 1. The number of aryl methyl sites for hydroxylation is 1. The van der Waals surface area contributed by atoms with E-state index in [9.17, 15) is 5.11 Å². The highest BCUT2D eigenvalue weighted by Crippen LogP contribution is 2.35. The zero-order valence-electron chi connectivity index (χ0n) is 13.5. The number of piperidine rings is 1. The van der Waals surface area contributed by atoms with Crippen LogP contribution in [0.4, 0.5) is 0 Å². The van der Waals surface area contributed by atoms with Crippen molar-refractivity contribution in [3.05, 3.63) is 45.0 Å². The molecule has 0 unspecified atom stereocenters. The van der Waals surface area contributed by atoms with Gasteiger partial charge in [0.05, 0.1) is 13.1 Å². The molecule has 2 N–H and O–H groups in total. The molecular weight excluding hydrogens is 388 g/mol. The van der Waals surface area contributed by atoms with Gasteiger partial charge in [0, 0.05) is 10.0 Å². The third kappa shape index (κ3) is 2.85. The fourth-order valence-electron chi connectivity index (χ4n) is 3.56. The van der Waals surface area contributed by atoms with E-state index in [1.165, 1.54) is 29.7 Å². The van der Waals surface area contributed by atoms with Gasteiger partial charge in [-0.2, -0.15) is 4.52 Å². The summed E-state index contributed by atoms with van der Waals surface area (Å²) < 4.78 is 2.64. The lowest BCUT2D eigenvalue weighted by molar-refractivity contribution is -0.929. The molecule has 1 aliphatic heterocycles. The summed E-state index contributed by atoms with van der Waals surface area (Å²) in [7, 11) is 0. The van der Waals surface area contributed by atoms with Gasteiger partial charge in [0.2, 0.25) is 10.8 Å². The summed E-state index contributed by atoms with van der Waals surface area (Å²) in [5.41, 5.74) is 1.23. The van der Waals surface area contributed by atoms with Gasteiger partial charge < -0.3 is 10.0 Å². The molecule has 1 saturated heterocycles. The second-order valence-corrected chi connectivity index (χ2v) is 8.27. The van der Waals surface area contributed by atoms with Crippen LogP contribution in [0.2, 0.25) is 0 Å². The molecule has 7 heteroatoms. The third-order valence-corrected chi connectivity index (χ3v) is 6.29. The van der Waals surface area contributed by atoms with Crippen molar-refractivity contribution in [3.63, 3.8) is 0 Å². The molecule has 1 aromatic carbocycles. The maximum atomic E-state index is 10.8. The Morgan fingerprint density at radius 1 is 1.21 bits per heavy atom. The third-order valence-electron chi connectivity index (χ3n) is 4.68. The van der Waals surface area contributed by atoms with Crippen LogP contribution in [0.15, 0.2) is 28.7 Å². The number of aromatic nitrogens is 3. The number of aromatic hydroxyl groups is 1. The van der Waals surface area contributed by atoms with E-state index in [1.807, 2.05) is 6.92 Å². The van der Waals surface area contributed by atoms with Gasteiger partial charge in [0.15, 0.2) is 6.04 Å². The molecule has 1 aliphatic rings. The van der Waals surface area contributed by atoms with E-state index in [-0.39, 0.29) is 11.9 Å². The molecule has 0 amide bonds. The van der Waals surface area contributed by atoms with Crippen LogP contribution in [-0.4, -0.2) is 32.8 Å². The van der Waals surface area contributed by atoms with E-state index >= 15 is 0 Å². The summed E-state index contributed by atoms with van der Waals surface area (Å²) in [5.74, 6) is 0.926. The van der Waals surface area contributed by atoms with Gasteiger partial charge in [-0.15, -0.1) is 5.10 Å². The lowest BCUT2D eigenvalue weighted by atomic mass is 10.0. The summed E-state index contributed by atoms with van der Waals surface area (Å²) in [6.45, 7) is 4.11. The molecule has 4 rings (SSSR count). The van der Waals surface area contributed by atoms with Crippen molar-refractivity contribution in [1.29, 1.82) is 0 Å². The van der Waals surface area contributed by atoms with E-state index in [1.54, 1.807) is 15.9 Å². The summed E-state index contributed by atoms with van der Waals surface area (Å²) in [4.78, 5) is 7.66. The molecule has 0 aliphatic carbocycles. The van der Waals surface area contributed by atoms with Crippen LogP contribution >= 0.6 is 27.3 Å². The predicted molar refractivity (Wildman–Crippen MR) is 97.8 cm³/mol. The first-order chi connectivity index (χ1) is 11.6. The zero-order valence-corrected chi connectivity index (χ0v) is 15.9. The Morgan fingerprint density at radius 3 is 2.58 bits per heavy atom. The standard InChI is InChI=1S/C17H19BrN4OS/c1-11-19-17-22(20-11)16(23)15(24-17)14(21-9-3-2-4-10-21)12-5-7-13(18)8-6-12/h5-8,14,23H,2-4,9-10H2,1H3/p+1/t14-/m1/s1. The fourth-order valence-corrected chi connectivity index (χ4v) is 5.01. The minimum absolute atomic E-state index is 0.132. The Balaban J connectivity index is 1.82. The van der Waals surface area contributed by atoms with Crippen LogP contribution in [0.25, 0.3) is 4.96 Å². The molecule has 24 heavy (non-hydrogen) atoms. The van der Waals surface area contributed by atoms with Crippen LogP contribution in [0.3, 0.4) is 0 Å². The Kier molecular flexibility index (Phi) is 4.32. The second kappa shape index (κ2) is 6.46. The van der Waals surface area contributed by atoms with E-state index in [4.69, 9.17) is 0 Å². The predicted octanol–water partition coefficient (Wildman–Crippen LogP) is 2.73. The van der Waals surface area contributed by atoms with Crippen LogP contribution in [0.1, 0.15) is 41.6 Å². The molecule has 126 valence electrons. The van der Waals surface area contributed by atoms with Crippen molar-refractivity contribution in [2.24, 2.45) is 0 Å². The van der Waals surface area contributed by atoms with Gasteiger partial charge in [-0.05, 0) is 38.3 Å². The van der Waals surface area contributed by atoms with Gasteiger partial charge in [0.25, 0.3) is 0 Å². The number of fused-ring (bicyclic) bond motifs is 1. The first-order valence-corrected chi connectivity index (χ1v) is 9.89. The quantitative estimate of drug-likeness (QED) is 0.701. The molecule has 2 aromatic heterocycles. The molecule has 3 aromatic rings. The van der Waals surface area contributed by atoms with E-state index in [2.05, 4.69) is 50.3 Å². The van der Waals surface area contributed by atoms with Crippen molar-refractivity contribution in [1.82, 2.24) is 14.6 Å². The number of quaternary nitrogens is 1. The Hall–Kier alpha value is -1.44. The number of halogens is 1. The summed E-state index contributed by atoms with van der Waals surface area (Å²) in [6, 6.07) is 8.58. The number of rotatable bonds is 3. The van der Waals surface area contributed by atoms with E-state index in [0.29, 0.717) is 5.82 Å². The van der Waals surface area contributed by atoms with E-state index in [0.717, 1.165) is 27.4 Å². The van der Waals surface area contributed by atoms with Crippen molar-refractivity contribution in [3.8, 4) is 5.88 Å². The minimum atomic E-state index is 0.132. The highest BCUT2D eigenvalue weighted by atomic mass is 79.9. The molecule has 0 spiro atoms. The van der Waals surface area contributed by atoms with Gasteiger partial charge in [-0.1, -0.05) is 39.4 Å². The highest BCUT2D eigenvalue weighted by molar-refractivity contribution is 9.10. The number of nitrogens with zero attached hydrogens (tertiary/aromatic N) is 3. The molecule has 0 saturated carbocycles. The van der Waals surface area contributed by atoms with E-state index < -0.39 is 0 Å². The largest absolute Gasteiger partial charge is 0.492 e. The van der Waals surface area contributed by atoms with Gasteiger partial charge in [-0.3, -0.25) is 0 Å². The van der Waals surface area contributed by atoms with Gasteiger partial charge in [-0.25, -0.2) is 4.98 Å². The fraction of sp³-hybridized carbons (Fsp3) is 0.412. The Morgan fingerprint density at radius 2 is 1.92 bits per heavy atom. The monoisotopic (exact) mass is 407 g/mol. The molecule has 5 nitrogen and oxygen atoms in total. The van der Waals surface area contributed by atoms with Crippen molar-refractivity contribution in [2.45, 2.75) is 32.2 Å². The number of thiazole rings is 1. The highest BCUT2D eigenvalue weighted by Gasteiger charge is 2.33. The number of hydrogen-bond donors (Lipinski definition) is 2. The summed E-state index contributed by atoms with van der Waals surface area (Å²) in [5, 5.41) is 15.1. The Labute approximate surface area is 153 Å². The maximum Gasteiger partial charge on any atom is 0.235 e. The number of benzene rings is 1. The first kappa shape index (κ1) is 16.1. The minimum Gasteiger partial charge on any atom is -0.492 e. The number of likely N-dealkylation sites (tertiary alicyclic amines) is 1. The van der Waals surface area contributed by atoms with Crippen molar-refractivity contribution in [2.75, 3.05) is 13.1 Å². The topological polar surface area (TPSA) is 54.9 Å². The molecular formula is C17H20BrN4OS+.